The van der Waals surface area contributed by atoms with Crippen molar-refractivity contribution in [2.45, 2.75) is 6.92 Å². The summed E-state index contributed by atoms with van der Waals surface area (Å²) in [6, 6.07) is 7.27. The molecule has 0 aliphatic carbocycles. The van der Waals surface area contributed by atoms with Crippen LogP contribution in [0.3, 0.4) is 0 Å². The van der Waals surface area contributed by atoms with E-state index in [0.717, 1.165) is 0 Å². The molecule has 1 N–H and O–H groups in total. The number of halogens is 2. The number of benzene rings is 2. The number of nitrogens with zero attached hydrogens (tertiary/aromatic N) is 1. The van der Waals surface area contributed by atoms with E-state index >= 15 is 0 Å². The Morgan fingerprint density at radius 3 is 2.90 bits per heavy atom. The summed E-state index contributed by atoms with van der Waals surface area (Å²) in [5.74, 6) is -0.112. The molecule has 108 valence electrons. The van der Waals surface area contributed by atoms with Gasteiger partial charge in [0, 0.05) is 11.6 Å². The van der Waals surface area contributed by atoms with Crippen LogP contribution < -0.4 is 4.74 Å². The number of phenolic OH excluding ortho intramolecular Hbond substituents is 1. The summed E-state index contributed by atoms with van der Waals surface area (Å²) in [6.45, 7) is 2.21. The number of aromatic nitrogens is 1. The first-order chi connectivity index (χ1) is 10.1. The Morgan fingerprint density at radius 2 is 2.14 bits per heavy atom. The van der Waals surface area contributed by atoms with Gasteiger partial charge in [-0.05, 0) is 31.2 Å². The number of phenols is 1. The number of hydrogen-bond acceptors (Lipinski definition) is 4. The smallest absolute Gasteiger partial charge is 0.189 e. The highest BCUT2D eigenvalue weighted by molar-refractivity contribution is 6.36. The van der Waals surface area contributed by atoms with Crippen LogP contribution in [0.25, 0.3) is 22.2 Å². The maximum absolute atomic E-state index is 13.4. The van der Waals surface area contributed by atoms with Gasteiger partial charge in [-0.3, -0.25) is 0 Å². The zero-order valence-corrected chi connectivity index (χ0v) is 11.8. The second kappa shape index (κ2) is 5.26. The summed E-state index contributed by atoms with van der Waals surface area (Å²) >= 11 is 5.98. The van der Waals surface area contributed by atoms with Gasteiger partial charge in [-0.25, -0.2) is 4.39 Å². The van der Waals surface area contributed by atoms with Crippen molar-refractivity contribution in [3.63, 3.8) is 0 Å². The van der Waals surface area contributed by atoms with Crippen LogP contribution in [0, 0.1) is 5.82 Å². The van der Waals surface area contributed by atoms with Crippen molar-refractivity contribution in [1.82, 2.24) is 5.16 Å². The van der Waals surface area contributed by atoms with Gasteiger partial charge in [-0.2, -0.15) is 0 Å². The van der Waals surface area contributed by atoms with Crippen molar-refractivity contribution in [2.75, 3.05) is 6.61 Å². The molecule has 3 aromatic rings. The van der Waals surface area contributed by atoms with Gasteiger partial charge in [0.25, 0.3) is 0 Å². The lowest BCUT2D eigenvalue weighted by Gasteiger charge is -2.08. The van der Waals surface area contributed by atoms with Gasteiger partial charge in [0.05, 0.1) is 12.0 Å². The molecule has 0 aliphatic heterocycles. The summed E-state index contributed by atoms with van der Waals surface area (Å²) < 4.78 is 24.0. The number of rotatable bonds is 3. The molecule has 1 heterocycles. The molecule has 0 bridgehead atoms. The molecular formula is C15H11ClFNO3. The van der Waals surface area contributed by atoms with Crippen molar-refractivity contribution in [1.29, 1.82) is 0 Å². The van der Waals surface area contributed by atoms with Crippen molar-refractivity contribution in [3.05, 3.63) is 41.2 Å². The number of hydrogen-bond donors (Lipinski definition) is 1. The van der Waals surface area contributed by atoms with Crippen LogP contribution in [0.5, 0.6) is 11.5 Å². The lowest BCUT2D eigenvalue weighted by Crippen LogP contribution is -1.95. The van der Waals surface area contributed by atoms with E-state index in [-0.39, 0.29) is 16.4 Å². The largest absolute Gasteiger partial charge is 0.506 e. The highest BCUT2D eigenvalue weighted by Gasteiger charge is 2.18. The molecule has 0 radical (unpaired) electrons. The van der Waals surface area contributed by atoms with E-state index in [1.54, 1.807) is 12.1 Å². The Hall–Kier alpha value is -2.27. The zero-order valence-electron chi connectivity index (χ0n) is 11.1. The predicted molar refractivity (Wildman–Crippen MR) is 77.2 cm³/mol. The number of ether oxygens (including phenoxy) is 1. The minimum atomic E-state index is -0.398. The minimum Gasteiger partial charge on any atom is -0.506 e. The quantitative estimate of drug-likeness (QED) is 0.779. The molecule has 2 aromatic carbocycles. The average molecular weight is 308 g/mol. The monoisotopic (exact) mass is 307 g/mol. The SMILES string of the molecule is CCOc1cc(F)ccc1-c1noc2c(Cl)c(O)ccc12. The predicted octanol–water partition coefficient (Wildman–Crippen LogP) is 4.39. The summed E-state index contributed by atoms with van der Waals surface area (Å²) in [7, 11) is 0. The Kier molecular flexibility index (Phi) is 3.43. The van der Waals surface area contributed by atoms with Crippen LogP contribution in [0.1, 0.15) is 6.92 Å². The summed E-state index contributed by atoms with van der Waals surface area (Å²) in [4.78, 5) is 0. The van der Waals surface area contributed by atoms with Crippen molar-refractivity contribution < 1.29 is 18.8 Å². The number of fused-ring (bicyclic) bond motifs is 1. The Morgan fingerprint density at radius 1 is 1.33 bits per heavy atom. The first kappa shape index (κ1) is 13.7. The lowest BCUT2D eigenvalue weighted by molar-refractivity contribution is 0.339. The molecule has 4 nitrogen and oxygen atoms in total. The summed E-state index contributed by atoms with van der Waals surface area (Å²) in [5, 5.41) is 14.3. The lowest BCUT2D eigenvalue weighted by atomic mass is 10.1. The molecule has 0 atom stereocenters. The number of aromatic hydroxyl groups is 1. The topological polar surface area (TPSA) is 55.5 Å². The van der Waals surface area contributed by atoms with Crippen LogP contribution in [0.4, 0.5) is 4.39 Å². The van der Waals surface area contributed by atoms with Crippen LogP contribution in [-0.2, 0) is 0 Å². The van der Waals surface area contributed by atoms with Gasteiger partial charge in [-0.1, -0.05) is 16.8 Å². The highest BCUT2D eigenvalue weighted by atomic mass is 35.5. The Labute approximate surface area is 124 Å². The van der Waals surface area contributed by atoms with E-state index in [9.17, 15) is 9.50 Å². The van der Waals surface area contributed by atoms with Crippen LogP contribution in [0.15, 0.2) is 34.9 Å². The van der Waals surface area contributed by atoms with E-state index in [1.165, 1.54) is 18.2 Å². The Balaban J connectivity index is 2.24. The first-order valence-corrected chi connectivity index (χ1v) is 6.69. The molecule has 0 unspecified atom stereocenters. The fourth-order valence-electron chi connectivity index (χ4n) is 2.12. The van der Waals surface area contributed by atoms with E-state index in [0.29, 0.717) is 29.0 Å². The fraction of sp³-hybridized carbons (Fsp3) is 0.133. The van der Waals surface area contributed by atoms with Crippen LogP contribution >= 0.6 is 11.6 Å². The van der Waals surface area contributed by atoms with Crippen molar-refractivity contribution >= 4 is 22.6 Å². The van der Waals surface area contributed by atoms with Gasteiger partial charge in [-0.15, -0.1) is 0 Å². The van der Waals surface area contributed by atoms with E-state index in [4.69, 9.17) is 20.9 Å². The second-order valence-corrected chi connectivity index (χ2v) is 4.76. The molecule has 3 rings (SSSR count). The molecular weight excluding hydrogens is 297 g/mol. The standard InChI is InChI=1S/C15H11ClFNO3/c1-2-20-12-7-8(17)3-4-9(12)14-10-5-6-11(19)13(16)15(10)21-18-14/h3-7,19H,2H2,1H3. The molecule has 1 aromatic heterocycles. The van der Waals surface area contributed by atoms with Crippen LogP contribution in [-0.4, -0.2) is 16.9 Å². The molecule has 21 heavy (non-hydrogen) atoms. The van der Waals surface area contributed by atoms with E-state index in [1.807, 2.05) is 6.92 Å². The van der Waals surface area contributed by atoms with Gasteiger partial charge < -0.3 is 14.4 Å². The molecule has 0 aliphatic rings. The Bertz CT molecular complexity index is 816. The summed E-state index contributed by atoms with van der Waals surface area (Å²) in [6.07, 6.45) is 0. The molecule has 0 fully saturated rings. The minimum absolute atomic E-state index is 0.0870. The molecule has 0 amide bonds. The highest BCUT2D eigenvalue weighted by Crippen LogP contribution is 2.39. The third kappa shape index (κ3) is 2.29. The third-order valence-electron chi connectivity index (χ3n) is 3.06. The van der Waals surface area contributed by atoms with Crippen molar-refractivity contribution in [3.8, 4) is 22.8 Å². The summed E-state index contributed by atoms with van der Waals surface area (Å²) in [5.41, 5.74) is 1.35. The normalized spacial score (nSPS) is 11.0. The van der Waals surface area contributed by atoms with Gasteiger partial charge in [0.1, 0.15) is 28.0 Å². The molecule has 0 saturated heterocycles. The van der Waals surface area contributed by atoms with Crippen molar-refractivity contribution in [2.24, 2.45) is 0 Å². The fourth-order valence-corrected chi connectivity index (χ4v) is 2.32. The van der Waals surface area contributed by atoms with Gasteiger partial charge in [0.2, 0.25) is 0 Å². The van der Waals surface area contributed by atoms with E-state index in [2.05, 4.69) is 5.16 Å². The maximum atomic E-state index is 13.4. The molecule has 6 heteroatoms. The molecule has 0 spiro atoms. The third-order valence-corrected chi connectivity index (χ3v) is 3.42. The van der Waals surface area contributed by atoms with Gasteiger partial charge in [0.15, 0.2) is 5.58 Å². The first-order valence-electron chi connectivity index (χ1n) is 6.31. The van der Waals surface area contributed by atoms with E-state index < -0.39 is 5.82 Å². The molecule has 0 saturated carbocycles. The average Bonchev–Trinajstić information content (AvgIpc) is 2.88. The van der Waals surface area contributed by atoms with Gasteiger partial charge >= 0.3 is 0 Å². The second-order valence-electron chi connectivity index (χ2n) is 4.38. The maximum Gasteiger partial charge on any atom is 0.189 e. The van der Waals surface area contributed by atoms with Crippen LogP contribution in [0.2, 0.25) is 5.02 Å². The zero-order chi connectivity index (χ0) is 15.0.